The number of nitrogens with zero attached hydrogens (tertiary/aromatic N) is 2. The fraction of sp³-hybridized carbons (Fsp3) is 0.304. The smallest absolute Gasteiger partial charge is 0.275 e. The summed E-state index contributed by atoms with van der Waals surface area (Å²) < 4.78 is 11.3. The van der Waals surface area contributed by atoms with Crippen LogP contribution in [0.4, 0.5) is 5.69 Å². The zero-order valence-corrected chi connectivity index (χ0v) is 18.4. The lowest BCUT2D eigenvalue weighted by atomic mass is 10.2. The predicted molar refractivity (Wildman–Crippen MR) is 122 cm³/mol. The fourth-order valence-corrected chi connectivity index (χ4v) is 3.86. The van der Waals surface area contributed by atoms with Crippen LogP contribution in [0.1, 0.15) is 24.3 Å². The summed E-state index contributed by atoms with van der Waals surface area (Å²) in [6.45, 7) is 7.62. The van der Waals surface area contributed by atoms with Crippen molar-refractivity contribution in [3.63, 3.8) is 0 Å². The summed E-state index contributed by atoms with van der Waals surface area (Å²) in [5, 5.41) is 5.41. The molecule has 1 N–H and O–H groups in total. The van der Waals surface area contributed by atoms with E-state index >= 15 is 0 Å². The Morgan fingerprint density at radius 3 is 2.50 bits per heavy atom. The van der Waals surface area contributed by atoms with Gasteiger partial charge in [-0.15, -0.1) is 11.3 Å². The number of aromatic nitrogens is 1. The van der Waals surface area contributed by atoms with Gasteiger partial charge in [0.25, 0.3) is 5.91 Å². The third kappa shape index (κ3) is 5.37. The Hall–Kier alpha value is -2.90. The fourth-order valence-electron chi connectivity index (χ4n) is 3.03. The van der Waals surface area contributed by atoms with Gasteiger partial charge in [-0.05, 0) is 37.4 Å². The van der Waals surface area contributed by atoms with Gasteiger partial charge in [0.2, 0.25) is 0 Å². The number of anilines is 1. The van der Waals surface area contributed by atoms with Crippen molar-refractivity contribution in [2.75, 3.05) is 38.7 Å². The predicted octanol–water partition coefficient (Wildman–Crippen LogP) is 4.79. The van der Waals surface area contributed by atoms with Crippen molar-refractivity contribution in [3.8, 4) is 22.1 Å². The average molecular weight is 426 g/mol. The van der Waals surface area contributed by atoms with Gasteiger partial charge >= 0.3 is 0 Å². The zero-order valence-electron chi connectivity index (χ0n) is 17.6. The first-order valence-electron chi connectivity index (χ1n) is 10.0. The first-order valence-corrected chi connectivity index (χ1v) is 10.9. The van der Waals surface area contributed by atoms with E-state index in [1.165, 1.54) is 11.3 Å². The molecule has 30 heavy (non-hydrogen) atoms. The lowest BCUT2D eigenvalue weighted by Crippen LogP contribution is -2.28. The zero-order chi connectivity index (χ0) is 21.3. The number of benzene rings is 2. The maximum Gasteiger partial charge on any atom is 0.275 e. The lowest BCUT2D eigenvalue weighted by Gasteiger charge is -2.19. The first kappa shape index (κ1) is 21.8. The number of hydrogen-bond acceptors (Lipinski definition) is 6. The SMILES string of the molecule is CCN(CC)CCOc1ccccc1NC(=O)c1csc(-c2ccccc2OC)n1. The number of likely N-dealkylation sites (N-methyl/N-ethyl adjacent to an activating group) is 1. The molecule has 0 radical (unpaired) electrons. The number of carbonyl (C=O) groups is 1. The molecule has 3 rings (SSSR count). The van der Waals surface area contributed by atoms with Gasteiger partial charge in [0.15, 0.2) is 0 Å². The van der Waals surface area contributed by atoms with Gasteiger partial charge in [0.05, 0.1) is 18.4 Å². The molecule has 0 aliphatic rings. The minimum atomic E-state index is -0.271. The molecule has 158 valence electrons. The summed E-state index contributed by atoms with van der Waals surface area (Å²) in [5.41, 5.74) is 1.86. The van der Waals surface area contributed by atoms with E-state index in [2.05, 4.69) is 29.0 Å². The third-order valence-corrected chi connectivity index (χ3v) is 5.64. The highest BCUT2D eigenvalue weighted by Gasteiger charge is 2.16. The Kier molecular flexibility index (Phi) is 7.82. The largest absolute Gasteiger partial charge is 0.496 e. The van der Waals surface area contributed by atoms with Crippen molar-refractivity contribution in [2.45, 2.75) is 13.8 Å². The van der Waals surface area contributed by atoms with E-state index in [-0.39, 0.29) is 5.91 Å². The maximum absolute atomic E-state index is 12.8. The highest BCUT2D eigenvalue weighted by atomic mass is 32.1. The molecule has 0 unspecified atom stereocenters. The molecule has 2 aromatic carbocycles. The number of carbonyl (C=O) groups excluding carboxylic acids is 1. The number of para-hydroxylation sites is 3. The van der Waals surface area contributed by atoms with Crippen LogP contribution in [0.2, 0.25) is 0 Å². The van der Waals surface area contributed by atoms with Gasteiger partial charge in [-0.3, -0.25) is 4.79 Å². The quantitative estimate of drug-likeness (QED) is 0.506. The van der Waals surface area contributed by atoms with Gasteiger partial charge in [-0.25, -0.2) is 4.98 Å². The van der Waals surface area contributed by atoms with Crippen molar-refractivity contribution >= 4 is 22.9 Å². The van der Waals surface area contributed by atoms with Crippen LogP contribution >= 0.6 is 11.3 Å². The van der Waals surface area contributed by atoms with Crippen LogP contribution in [-0.2, 0) is 0 Å². The Balaban J connectivity index is 1.69. The number of ether oxygens (including phenoxy) is 2. The molecule has 0 saturated carbocycles. The van der Waals surface area contributed by atoms with E-state index in [1.54, 1.807) is 12.5 Å². The van der Waals surface area contributed by atoms with Crippen LogP contribution in [0, 0.1) is 0 Å². The van der Waals surface area contributed by atoms with E-state index in [0.29, 0.717) is 23.7 Å². The standard InChI is InChI=1S/C23H27N3O3S/c1-4-26(5-2)14-15-29-21-13-9-7-11-18(21)24-22(27)19-16-30-23(25-19)17-10-6-8-12-20(17)28-3/h6-13,16H,4-5,14-15H2,1-3H3,(H,24,27). The normalized spacial score (nSPS) is 10.8. The summed E-state index contributed by atoms with van der Waals surface area (Å²) in [5.74, 6) is 1.11. The number of rotatable bonds is 10. The van der Waals surface area contributed by atoms with Crippen LogP contribution in [0.3, 0.4) is 0 Å². The molecule has 0 spiro atoms. The van der Waals surface area contributed by atoms with Gasteiger partial charge in [-0.2, -0.15) is 0 Å². The van der Waals surface area contributed by atoms with Gasteiger partial charge in [-0.1, -0.05) is 38.1 Å². The second-order valence-corrected chi connectivity index (χ2v) is 7.42. The van der Waals surface area contributed by atoms with E-state index in [0.717, 1.165) is 36.0 Å². The van der Waals surface area contributed by atoms with E-state index in [4.69, 9.17) is 9.47 Å². The molecule has 6 nitrogen and oxygen atoms in total. The van der Waals surface area contributed by atoms with Crippen molar-refractivity contribution < 1.29 is 14.3 Å². The summed E-state index contributed by atoms with van der Waals surface area (Å²) in [6, 6.07) is 15.1. The lowest BCUT2D eigenvalue weighted by molar-refractivity contribution is 0.102. The van der Waals surface area contributed by atoms with Gasteiger partial charge < -0.3 is 19.7 Å². The van der Waals surface area contributed by atoms with Crippen LogP contribution in [0.25, 0.3) is 10.6 Å². The number of nitrogens with one attached hydrogen (secondary N) is 1. The number of amides is 1. The van der Waals surface area contributed by atoms with Crippen molar-refractivity contribution in [3.05, 3.63) is 59.6 Å². The second-order valence-electron chi connectivity index (χ2n) is 6.56. The summed E-state index contributed by atoms with van der Waals surface area (Å²) in [4.78, 5) is 19.6. The molecule has 1 heterocycles. The topological polar surface area (TPSA) is 63.7 Å². The van der Waals surface area contributed by atoms with Crippen LogP contribution in [0.5, 0.6) is 11.5 Å². The molecule has 3 aromatic rings. The summed E-state index contributed by atoms with van der Waals surface area (Å²) in [6.07, 6.45) is 0. The van der Waals surface area contributed by atoms with Crippen molar-refractivity contribution in [1.29, 1.82) is 0 Å². The number of methoxy groups -OCH3 is 1. The molecule has 0 bridgehead atoms. The Morgan fingerprint density at radius 1 is 1.07 bits per heavy atom. The minimum absolute atomic E-state index is 0.271. The van der Waals surface area contributed by atoms with E-state index < -0.39 is 0 Å². The first-order chi connectivity index (χ1) is 14.7. The molecule has 0 atom stereocenters. The van der Waals surface area contributed by atoms with E-state index in [1.807, 2.05) is 48.5 Å². The molecular formula is C23H27N3O3S. The Morgan fingerprint density at radius 2 is 1.77 bits per heavy atom. The minimum Gasteiger partial charge on any atom is -0.496 e. The van der Waals surface area contributed by atoms with Crippen LogP contribution < -0.4 is 14.8 Å². The molecule has 0 aliphatic carbocycles. The Labute approximate surface area is 181 Å². The molecule has 0 aliphatic heterocycles. The van der Waals surface area contributed by atoms with Gasteiger partial charge in [0, 0.05) is 11.9 Å². The third-order valence-electron chi connectivity index (χ3n) is 4.77. The highest BCUT2D eigenvalue weighted by Crippen LogP contribution is 2.32. The molecular weight excluding hydrogens is 398 g/mol. The highest BCUT2D eigenvalue weighted by molar-refractivity contribution is 7.13. The number of hydrogen-bond donors (Lipinski definition) is 1. The summed E-state index contributed by atoms with van der Waals surface area (Å²) in [7, 11) is 1.62. The molecule has 7 heteroatoms. The molecule has 1 aromatic heterocycles. The van der Waals surface area contributed by atoms with Gasteiger partial charge in [0.1, 0.15) is 28.8 Å². The monoisotopic (exact) mass is 425 g/mol. The van der Waals surface area contributed by atoms with Crippen molar-refractivity contribution in [2.24, 2.45) is 0 Å². The number of thiazole rings is 1. The second kappa shape index (κ2) is 10.8. The molecule has 0 fully saturated rings. The summed E-state index contributed by atoms with van der Waals surface area (Å²) >= 11 is 1.41. The Bertz CT molecular complexity index is 970. The van der Waals surface area contributed by atoms with E-state index in [9.17, 15) is 4.79 Å². The van der Waals surface area contributed by atoms with Crippen molar-refractivity contribution in [1.82, 2.24) is 9.88 Å². The molecule has 1 amide bonds. The maximum atomic E-state index is 12.8. The molecule has 0 saturated heterocycles. The average Bonchev–Trinajstić information content (AvgIpc) is 3.28. The van der Waals surface area contributed by atoms with Crippen LogP contribution in [-0.4, -0.2) is 49.1 Å². The van der Waals surface area contributed by atoms with Crippen LogP contribution in [0.15, 0.2) is 53.9 Å².